The van der Waals surface area contributed by atoms with Gasteiger partial charge in [-0.2, -0.15) is 0 Å². The third-order valence-corrected chi connectivity index (χ3v) is 7.42. The van der Waals surface area contributed by atoms with Crippen LogP contribution < -0.4 is 4.72 Å². The van der Waals surface area contributed by atoms with Crippen LogP contribution in [0, 0.1) is 16.0 Å². The van der Waals surface area contributed by atoms with Crippen molar-refractivity contribution in [3.8, 4) is 0 Å². The molecule has 154 valence electrons. The smallest absolute Gasteiger partial charge is 0.258 e. The van der Waals surface area contributed by atoms with Crippen molar-refractivity contribution < 1.29 is 21.8 Å². The van der Waals surface area contributed by atoms with Gasteiger partial charge in [-0.15, -0.1) is 0 Å². The topological polar surface area (TPSA) is 127 Å². The minimum atomic E-state index is -4.17. The van der Waals surface area contributed by atoms with Crippen LogP contribution in [0.15, 0.2) is 28.0 Å². The van der Waals surface area contributed by atoms with Crippen molar-refractivity contribution in [2.75, 3.05) is 14.1 Å². The van der Waals surface area contributed by atoms with Gasteiger partial charge in [-0.05, 0) is 31.4 Å². The van der Waals surface area contributed by atoms with Crippen molar-refractivity contribution in [1.29, 1.82) is 0 Å². The average Bonchev–Trinajstić information content (AvgIpc) is 2.53. The van der Waals surface area contributed by atoms with E-state index in [1.165, 1.54) is 14.1 Å². The SMILES string of the molecule is CC(C)CCCC(C)NS(=O)(=O)c1ccc(S(=O)(=O)N(C)C)cc1[N+](=O)[O-]. The molecule has 0 bridgehead atoms. The normalized spacial score (nSPS) is 13.9. The second-order valence-corrected chi connectivity index (χ2v) is 10.9. The summed E-state index contributed by atoms with van der Waals surface area (Å²) in [4.78, 5) is 9.56. The van der Waals surface area contributed by atoms with Crippen LogP contribution in [0.3, 0.4) is 0 Å². The van der Waals surface area contributed by atoms with Crippen molar-refractivity contribution >= 4 is 25.7 Å². The van der Waals surface area contributed by atoms with Gasteiger partial charge in [0.2, 0.25) is 20.0 Å². The van der Waals surface area contributed by atoms with E-state index in [1.807, 2.05) is 0 Å². The zero-order valence-corrected chi connectivity index (χ0v) is 17.8. The van der Waals surface area contributed by atoms with Gasteiger partial charge in [0.15, 0.2) is 4.90 Å². The van der Waals surface area contributed by atoms with Gasteiger partial charge in [0.25, 0.3) is 5.69 Å². The Morgan fingerprint density at radius 3 is 2.19 bits per heavy atom. The Bertz CT molecular complexity index is 879. The van der Waals surface area contributed by atoms with Gasteiger partial charge in [-0.3, -0.25) is 10.1 Å². The molecule has 0 saturated carbocycles. The number of sulfonamides is 2. The van der Waals surface area contributed by atoms with E-state index < -0.39 is 41.6 Å². The van der Waals surface area contributed by atoms with Gasteiger partial charge in [-0.25, -0.2) is 25.9 Å². The standard InChI is InChI=1S/C16H27N3O6S2/c1-12(2)7-6-8-13(3)17-26(22,23)16-10-9-14(11-15(16)19(20)21)27(24,25)18(4)5/h9-13,17H,6-8H2,1-5H3. The Hall–Kier alpha value is -1.56. The number of hydrogen-bond donors (Lipinski definition) is 1. The van der Waals surface area contributed by atoms with Crippen LogP contribution in [0.1, 0.15) is 40.0 Å². The van der Waals surface area contributed by atoms with Crippen molar-refractivity contribution in [2.45, 2.75) is 55.9 Å². The number of nitro benzene ring substituents is 1. The summed E-state index contributed by atoms with van der Waals surface area (Å²) in [5, 5.41) is 11.4. The summed E-state index contributed by atoms with van der Waals surface area (Å²) < 4.78 is 52.8. The highest BCUT2D eigenvalue weighted by atomic mass is 32.2. The van der Waals surface area contributed by atoms with Crippen LogP contribution in [0.5, 0.6) is 0 Å². The molecule has 0 amide bonds. The number of rotatable bonds is 10. The highest BCUT2D eigenvalue weighted by Gasteiger charge is 2.30. The summed E-state index contributed by atoms with van der Waals surface area (Å²) >= 11 is 0. The molecule has 1 atom stereocenters. The molecule has 1 aromatic carbocycles. The van der Waals surface area contributed by atoms with Gasteiger partial charge >= 0.3 is 0 Å². The molecule has 1 rings (SSSR count). The third kappa shape index (κ3) is 6.23. The maximum absolute atomic E-state index is 12.6. The fourth-order valence-electron chi connectivity index (χ4n) is 2.46. The van der Waals surface area contributed by atoms with Crippen LogP contribution in [0.2, 0.25) is 0 Å². The second kappa shape index (κ2) is 9.09. The molecule has 11 heteroatoms. The summed E-state index contributed by atoms with van der Waals surface area (Å²) in [5.74, 6) is 0.501. The number of nitrogens with zero attached hydrogens (tertiary/aromatic N) is 2. The van der Waals surface area contributed by atoms with Crippen LogP contribution in [-0.4, -0.2) is 46.2 Å². The highest BCUT2D eigenvalue weighted by Crippen LogP contribution is 2.28. The Morgan fingerprint density at radius 1 is 1.11 bits per heavy atom. The summed E-state index contributed by atoms with van der Waals surface area (Å²) in [6.07, 6.45) is 2.37. The van der Waals surface area contributed by atoms with Gasteiger partial charge in [0.1, 0.15) is 0 Å². The lowest BCUT2D eigenvalue weighted by Gasteiger charge is -2.16. The molecule has 0 fully saturated rings. The predicted octanol–water partition coefficient (Wildman–Crippen LogP) is 2.34. The highest BCUT2D eigenvalue weighted by molar-refractivity contribution is 7.90. The minimum Gasteiger partial charge on any atom is -0.258 e. The van der Waals surface area contributed by atoms with Gasteiger partial charge in [0.05, 0.1) is 9.82 Å². The third-order valence-electron chi connectivity index (χ3n) is 3.97. The van der Waals surface area contributed by atoms with E-state index in [2.05, 4.69) is 18.6 Å². The molecule has 9 nitrogen and oxygen atoms in total. The summed E-state index contributed by atoms with van der Waals surface area (Å²) in [6, 6.07) is 2.38. The lowest BCUT2D eigenvalue weighted by molar-refractivity contribution is -0.388. The monoisotopic (exact) mass is 421 g/mol. The molecule has 0 aliphatic heterocycles. The van der Waals surface area contributed by atoms with E-state index in [0.717, 1.165) is 35.3 Å². The van der Waals surface area contributed by atoms with Crippen LogP contribution >= 0.6 is 0 Å². The summed E-state index contributed by atoms with van der Waals surface area (Å²) in [7, 11) is -5.53. The van der Waals surface area contributed by atoms with Crippen LogP contribution in [0.4, 0.5) is 5.69 Å². The van der Waals surface area contributed by atoms with Crippen molar-refractivity contribution in [3.63, 3.8) is 0 Å². The Kier molecular flexibility index (Phi) is 7.90. The van der Waals surface area contributed by atoms with E-state index in [9.17, 15) is 26.9 Å². The van der Waals surface area contributed by atoms with E-state index in [1.54, 1.807) is 6.92 Å². The van der Waals surface area contributed by atoms with Gasteiger partial charge in [-0.1, -0.05) is 26.7 Å². The molecular formula is C16H27N3O6S2. The predicted molar refractivity (Wildman–Crippen MR) is 102 cm³/mol. The molecule has 1 aromatic rings. The number of nitrogens with one attached hydrogen (secondary N) is 1. The first-order valence-corrected chi connectivity index (χ1v) is 11.4. The number of hydrogen-bond acceptors (Lipinski definition) is 6. The molecule has 0 aliphatic rings. The molecule has 0 radical (unpaired) electrons. The molecule has 0 aromatic heterocycles. The maximum atomic E-state index is 12.6. The lowest BCUT2D eigenvalue weighted by Crippen LogP contribution is -2.33. The lowest BCUT2D eigenvalue weighted by atomic mass is 10.0. The molecule has 0 spiro atoms. The fourth-order valence-corrected chi connectivity index (χ4v) is 4.81. The van der Waals surface area contributed by atoms with Gasteiger partial charge in [0, 0.05) is 26.2 Å². The Morgan fingerprint density at radius 2 is 1.70 bits per heavy atom. The fraction of sp³-hybridized carbons (Fsp3) is 0.625. The average molecular weight is 422 g/mol. The zero-order chi connectivity index (χ0) is 21.0. The zero-order valence-electron chi connectivity index (χ0n) is 16.2. The first-order chi connectivity index (χ1) is 12.3. The Labute approximate surface area is 161 Å². The van der Waals surface area contributed by atoms with E-state index in [4.69, 9.17) is 0 Å². The van der Waals surface area contributed by atoms with Crippen LogP contribution in [-0.2, 0) is 20.0 Å². The first-order valence-electron chi connectivity index (χ1n) is 8.52. The van der Waals surface area contributed by atoms with E-state index in [-0.39, 0.29) is 4.90 Å². The minimum absolute atomic E-state index is 0.344. The summed E-state index contributed by atoms with van der Waals surface area (Å²) in [5.41, 5.74) is -0.778. The molecule has 0 aliphatic carbocycles. The molecule has 0 heterocycles. The molecule has 1 unspecified atom stereocenters. The largest absolute Gasteiger partial charge is 0.290 e. The van der Waals surface area contributed by atoms with Gasteiger partial charge < -0.3 is 0 Å². The number of benzene rings is 1. The second-order valence-electron chi connectivity index (χ2n) is 7.02. The van der Waals surface area contributed by atoms with Crippen LogP contribution in [0.25, 0.3) is 0 Å². The summed E-state index contributed by atoms with van der Waals surface area (Å²) in [6.45, 7) is 5.83. The molecular weight excluding hydrogens is 394 g/mol. The first kappa shape index (κ1) is 23.5. The Balaban J connectivity index is 3.19. The quantitative estimate of drug-likeness (QED) is 0.456. The maximum Gasteiger partial charge on any atom is 0.290 e. The van der Waals surface area contributed by atoms with Crippen molar-refractivity contribution in [1.82, 2.24) is 9.03 Å². The molecule has 0 saturated heterocycles. The van der Waals surface area contributed by atoms with Crippen molar-refractivity contribution in [3.05, 3.63) is 28.3 Å². The van der Waals surface area contributed by atoms with E-state index >= 15 is 0 Å². The molecule has 1 N–H and O–H groups in total. The van der Waals surface area contributed by atoms with Crippen molar-refractivity contribution in [2.24, 2.45) is 5.92 Å². The molecule has 27 heavy (non-hydrogen) atoms. The van der Waals surface area contributed by atoms with E-state index in [0.29, 0.717) is 12.3 Å². The number of nitro groups is 1.